The number of aromatic nitrogens is 3. The van der Waals surface area contributed by atoms with E-state index in [4.69, 9.17) is 25.5 Å². The van der Waals surface area contributed by atoms with Crippen molar-refractivity contribution in [2.24, 2.45) is 5.41 Å². The van der Waals surface area contributed by atoms with Gasteiger partial charge in [-0.15, -0.1) is 5.10 Å². The molecule has 4 rings (SSSR count). The Balaban J connectivity index is 1.48. The summed E-state index contributed by atoms with van der Waals surface area (Å²) in [6, 6.07) is 26.3. The van der Waals surface area contributed by atoms with Crippen LogP contribution in [0.4, 0.5) is 0 Å². The van der Waals surface area contributed by atoms with E-state index in [0.717, 1.165) is 0 Å². The zero-order chi connectivity index (χ0) is 31.5. The molecule has 0 spiro atoms. The average molecular weight is 620 g/mol. The summed E-state index contributed by atoms with van der Waals surface area (Å²) in [6.45, 7) is 17.4. The van der Waals surface area contributed by atoms with Gasteiger partial charge in [-0.2, -0.15) is 0 Å². The Morgan fingerprint density at radius 1 is 0.814 bits per heavy atom. The molecule has 7 nitrogen and oxygen atoms in total. The monoisotopic (exact) mass is 619 g/mol. The van der Waals surface area contributed by atoms with E-state index in [-0.39, 0.29) is 21.2 Å². The SMILES string of the molecule is CC(C)(COc1ccn(-c2ccc(C(=O)OC(C)(C)C)c(Cl)n2)n1)CO[Si](c1ccccc1)(c1ccccc1)C(C)(C)C. The van der Waals surface area contributed by atoms with Crippen LogP contribution in [0.15, 0.2) is 85.1 Å². The van der Waals surface area contributed by atoms with Crippen LogP contribution in [0.2, 0.25) is 10.2 Å². The fraction of sp³-hybridized carbons (Fsp3) is 0.382. The summed E-state index contributed by atoms with van der Waals surface area (Å²) in [5.74, 6) is 0.387. The third-order valence-corrected chi connectivity index (χ3v) is 12.2. The van der Waals surface area contributed by atoms with E-state index in [1.54, 1.807) is 49.8 Å². The van der Waals surface area contributed by atoms with Crippen LogP contribution in [0.3, 0.4) is 0 Å². The van der Waals surface area contributed by atoms with Gasteiger partial charge in [0.15, 0.2) is 5.82 Å². The van der Waals surface area contributed by atoms with Gasteiger partial charge in [0.2, 0.25) is 5.88 Å². The summed E-state index contributed by atoms with van der Waals surface area (Å²) >= 11 is 6.33. The summed E-state index contributed by atoms with van der Waals surface area (Å²) in [6.07, 6.45) is 1.74. The summed E-state index contributed by atoms with van der Waals surface area (Å²) in [5, 5.41) is 6.95. The van der Waals surface area contributed by atoms with Gasteiger partial charge in [-0.05, 0) is 48.3 Å². The minimum Gasteiger partial charge on any atom is -0.476 e. The van der Waals surface area contributed by atoms with Gasteiger partial charge in [0, 0.05) is 24.3 Å². The molecule has 0 aliphatic rings. The van der Waals surface area contributed by atoms with Crippen molar-refractivity contribution in [2.75, 3.05) is 13.2 Å². The minimum absolute atomic E-state index is 0.0475. The number of ether oxygens (including phenoxy) is 2. The smallest absolute Gasteiger partial charge is 0.341 e. The van der Waals surface area contributed by atoms with E-state index in [1.807, 2.05) is 12.1 Å². The molecule has 0 saturated carbocycles. The second-order valence-corrected chi connectivity index (χ2v) is 18.2. The molecule has 0 atom stereocenters. The van der Waals surface area contributed by atoms with Crippen LogP contribution in [0.5, 0.6) is 5.88 Å². The number of nitrogens with zero attached hydrogens (tertiary/aromatic N) is 3. The highest BCUT2D eigenvalue weighted by atomic mass is 35.5. The first kappa shape index (κ1) is 32.5. The lowest BCUT2D eigenvalue weighted by atomic mass is 9.97. The Kier molecular flexibility index (Phi) is 9.54. The number of halogens is 1. The number of rotatable bonds is 10. The molecule has 0 radical (unpaired) electrons. The molecule has 2 aromatic carbocycles. The van der Waals surface area contributed by atoms with Crippen LogP contribution in [-0.2, 0) is 9.16 Å². The number of carbonyl (C=O) groups is 1. The highest BCUT2D eigenvalue weighted by Gasteiger charge is 2.50. The Morgan fingerprint density at radius 3 is 1.91 bits per heavy atom. The molecule has 0 unspecified atom stereocenters. The first-order chi connectivity index (χ1) is 20.1. The fourth-order valence-electron chi connectivity index (χ4n) is 4.93. The van der Waals surface area contributed by atoms with Crippen LogP contribution in [0, 0.1) is 5.41 Å². The molecular weight excluding hydrogens is 578 g/mol. The Hall–Kier alpha value is -3.46. The van der Waals surface area contributed by atoms with Crippen LogP contribution >= 0.6 is 11.6 Å². The van der Waals surface area contributed by atoms with E-state index >= 15 is 0 Å². The first-order valence-electron chi connectivity index (χ1n) is 14.5. The zero-order valence-electron chi connectivity index (χ0n) is 26.3. The lowest BCUT2D eigenvalue weighted by Gasteiger charge is -2.44. The Morgan fingerprint density at radius 2 is 1.40 bits per heavy atom. The quantitative estimate of drug-likeness (QED) is 0.110. The van der Waals surface area contributed by atoms with Crippen LogP contribution in [0.25, 0.3) is 5.82 Å². The van der Waals surface area contributed by atoms with Gasteiger partial charge >= 0.3 is 5.97 Å². The van der Waals surface area contributed by atoms with Gasteiger partial charge in [0.1, 0.15) is 10.8 Å². The number of benzene rings is 2. The number of pyridine rings is 1. The highest BCUT2D eigenvalue weighted by molar-refractivity contribution is 6.99. The lowest BCUT2D eigenvalue weighted by Crippen LogP contribution is -2.67. The molecule has 0 saturated heterocycles. The van der Waals surface area contributed by atoms with Gasteiger partial charge < -0.3 is 13.9 Å². The highest BCUT2D eigenvalue weighted by Crippen LogP contribution is 2.38. The van der Waals surface area contributed by atoms with Crippen molar-refractivity contribution >= 4 is 36.3 Å². The summed E-state index contributed by atoms with van der Waals surface area (Å²) < 4.78 is 20.3. The van der Waals surface area contributed by atoms with Crippen molar-refractivity contribution < 1.29 is 18.7 Å². The van der Waals surface area contributed by atoms with E-state index < -0.39 is 19.9 Å². The molecule has 2 heterocycles. The second-order valence-electron chi connectivity index (χ2n) is 13.5. The second kappa shape index (κ2) is 12.6. The van der Waals surface area contributed by atoms with E-state index in [0.29, 0.717) is 24.9 Å². The molecule has 4 aromatic rings. The molecule has 228 valence electrons. The van der Waals surface area contributed by atoms with Crippen molar-refractivity contribution in [3.05, 3.63) is 95.8 Å². The molecule has 43 heavy (non-hydrogen) atoms. The topological polar surface area (TPSA) is 75.5 Å². The average Bonchev–Trinajstić information content (AvgIpc) is 3.41. The first-order valence-corrected chi connectivity index (χ1v) is 16.7. The fourth-order valence-corrected chi connectivity index (χ4v) is 9.92. The molecule has 0 N–H and O–H groups in total. The molecule has 0 aliphatic heterocycles. The van der Waals surface area contributed by atoms with E-state index in [1.165, 1.54) is 10.4 Å². The van der Waals surface area contributed by atoms with Gasteiger partial charge in [-0.1, -0.05) is 107 Å². The maximum absolute atomic E-state index is 12.4. The predicted molar refractivity (Wildman–Crippen MR) is 174 cm³/mol. The van der Waals surface area contributed by atoms with Gasteiger partial charge in [0.25, 0.3) is 8.32 Å². The third-order valence-electron chi connectivity index (χ3n) is 6.96. The summed E-state index contributed by atoms with van der Waals surface area (Å²) in [7, 11) is -2.67. The molecular formula is C34H42ClN3O4Si. The van der Waals surface area contributed by atoms with Crippen molar-refractivity contribution in [3.63, 3.8) is 0 Å². The molecule has 0 bridgehead atoms. The van der Waals surface area contributed by atoms with E-state index in [2.05, 4.69) is 93.2 Å². The van der Waals surface area contributed by atoms with Crippen molar-refractivity contribution in [1.82, 2.24) is 14.8 Å². The van der Waals surface area contributed by atoms with Crippen LogP contribution < -0.4 is 15.1 Å². The number of esters is 1. The molecule has 0 fully saturated rings. The molecule has 9 heteroatoms. The van der Waals surface area contributed by atoms with Crippen LogP contribution in [-0.4, -0.2) is 47.9 Å². The zero-order valence-corrected chi connectivity index (χ0v) is 28.1. The maximum atomic E-state index is 12.4. The van der Waals surface area contributed by atoms with Gasteiger partial charge in [-0.25, -0.2) is 14.5 Å². The molecule has 0 amide bonds. The summed E-state index contributed by atoms with van der Waals surface area (Å²) in [5.41, 5.74) is -0.745. The maximum Gasteiger partial charge on any atom is 0.341 e. The van der Waals surface area contributed by atoms with Crippen molar-refractivity contribution in [1.29, 1.82) is 0 Å². The predicted octanol–water partition coefficient (Wildman–Crippen LogP) is 6.86. The van der Waals surface area contributed by atoms with Crippen molar-refractivity contribution in [3.8, 4) is 11.7 Å². The number of hydrogen-bond acceptors (Lipinski definition) is 6. The normalized spacial score (nSPS) is 12.7. The van der Waals surface area contributed by atoms with Gasteiger partial charge in [-0.3, -0.25) is 0 Å². The molecule has 2 aromatic heterocycles. The number of hydrogen-bond donors (Lipinski definition) is 0. The molecule has 0 aliphatic carbocycles. The lowest BCUT2D eigenvalue weighted by molar-refractivity contribution is 0.00693. The van der Waals surface area contributed by atoms with Gasteiger partial charge in [0.05, 0.1) is 12.2 Å². The van der Waals surface area contributed by atoms with Crippen molar-refractivity contribution in [2.45, 2.75) is 66.0 Å². The third kappa shape index (κ3) is 7.74. The van der Waals surface area contributed by atoms with E-state index in [9.17, 15) is 4.79 Å². The van der Waals surface area contributed by atoms with Crippen LogP contribution in [0.1, 0.15) is 65.7 Å². The largest absolute Gasteiger partial charge is 0.476 e. The Labute approximate surface area is 261 Å². The summed E-state index contributed by atoms with van der Waals surface area (Å²) in [4.78, 5) is 16.8. The minimum atomic E-state index is -2.67. The Bertz CT molecular complexity index is 1490. The number of carbonyl (C=O) groups excluding carboxylic acids is 1. The standard InChI is InChI=1S/C34H42ClN3O4Si/c1-32(2,3)42-31(39)27-19-20-28(36-30(27)35)38-22-21-29(37-38)40-23-34(7,8)24-41-43(33(4,5)6,25-15-11-9-12-16-25)26-17-13-10-14-18-26/h9-22H,23-24H2,1-8H3.